The highest BCUT2D eigenvalue weighted by atomic mass is 35.5. The van der Waals surface area contributed by atoms with Crippen molar-refractivity contribution in [1.29, 1.82) is 0 Å². The van der Waals surface area contributed by atoms with Crippen LogP contribution in [0, 0.1) is 0 Å². The molecule has 3 rings (SSSR count). The minimum Gasteiger partial charge on any atom is -0.476 e. The van der Waals surface area contributed by atoms with Gasteiger partial charge in [0.25, 0.3) is 0 Å². The molecule has 0 bridgehead atoms. The first kappa shape index (κ1) is 13.1. The van der Waals surface area contributed by atoms with E-state index in [1.165, 1.54) is 0 Å². The lowest BCUT2D eigenvalue weighted by Gasteiger charge is -2.26. The van der Waals surface area contributed by atoms with Crippen LogP contribution in [0.1, 0.15) is 46.9 Å². The van der Waals surface area contributed by atoms with Gasteiger partial charge in [-0.3, -0.25) is 0 Å². The zero-order chi connectivity index (χ0) is 14.1. The molecular formula is C14H14ClN3O2. The van der Waals surface area contributed by atoms with Crippen LogP contribution in [-0.2, 0) is 6.54 Å². The van der Waals surface area contributed by atoms with Gasteiger partial charge in [-0.05, 0) is 24.5 Å². The fourth-order valence-corrected chi connectivity index (χ4v) is 2.66. The average Bonchev–Trinajstić information content (AvgIpc) is 2.74. The molecule has 6 heteroatoms. The maximum Gasteiger partial charge on any atom is 0.358 e. The molecule has 0 saturated heterocycles. The normalized spacial score (nSPS) is 15.1. The van der Waals surface area contributed by atoms with Crippen molar-refractivity contribution < 1.29 is 9.90 Å². The van der Waals surface area contributed by atoms with Crippen molar-refractivity contribution in [3.05, 3.63) is 46.2 Å². The van der Waals surface area contributed by atoms with Gasteiger partial charge in [-0.2, -0.15) is 0 Å². The summed E-state index contributed by atoms with van der Waals surface area (Å²) in [5.74, 6) is -0.768. The van der Waals surface area contributed by atoms with Gasteiger partial charge in [0.1, 0.15) is 0 Å². The van der Waals surface area contributed by atoms with E-state index in [9.17, 15) is 9.90 Å². The smallest absolute Gasteiger partial charge is 0.358 e. The number of rotatable bonds is 4. The van der Waals surface area contributed by atoms with Crippen LogP contribution in [0.15, 0.2) is 24.3 Å². The van der Waals surface area contributed by atoms with Crippen molar-refractivity contribution in [2.24, 2.45) is 0 Å². The lowest BCUT2D eigenvalue weighted by Crippen LogP contribution is -2.18. The molecule has 2 aromatic rings. The first-order chi connectivity index (χ1) is 9.66. The van der Waals surface area contributed by atoms with Gasteiger partial charge in [0.05, 0.1) is 12.2 Å². The van der Waals surface area contributed by atoms with Gasteiger partial charge in [-0.1, -0.05) is 41.4 Å². The van der Waals surface area contributed by atoms with E-state index >= 15 is 0 Å². The van der Waals surface area contributed by atoms with Crippen molar-refractivity contribution in [1.82, 2.24) is 15.0 Å². The maximum atomic E-state index is 11.3. The Hall–Kier alpha value is -1.88. The SMILES string of the molecule is O=C(O)c1nnn(Cc2ccccc2Cl)c1C1CCC1. The molecule has 1 aromatic heterocycles. The fraction of sp³-hybridized carbons (Fsp3) is 0.357. The van der Waals surface area contributed by atoms with Crippen molar-refractivity contribution in [2.45, 2.75) is 31.7 Å². The minimum absolute atomic E-state index is 0.0711. The van der Waals surface area contributed by atoms with Gasteiger partial charge < -0.3 is 5.11 Å². The Morgan fingerprint density at radius 1 is 1.40 bits per heavy atom. The third-order valence-electron chi connectivity index (χ3n) is 3.75. The molecule has 1 aliphatic carbocycles. The molecule has 1 saturated carbocycles. The second-order valence-corrected chi connectivity index (χ2v) is 5.41. The molecular weight excluding hydrogens is 278 g/mol. The van der Waals surface area contributed by atoms with Crippen molar-refractivity contribution in [2.75, 3.05) is 0 Å². The van der Waals surface area contributed by atoms with Crippen LogP contribution in [0.2, 0.25) is 5.02 Å². The monoisotopic (exact) mass is 291 g/mol. The summed E-state index contributed by atoms with van der Waals surface area (Å²) in [6, 6.07) is 7.49. The predicted octanol–water partition coefficient (Wildman–Crippen LogP) is 2.95. The molecule has 1 N–H and O–H groups in total. The molecule has 0 unspecified atom stereocenters. The third kappa shape index (κ3) is 2.29. The standard InChI is InChI=1S/C14H14ClN3O2/c15-11-7-2-1-4-10(11)8-18-13(9-5-3-6-9)12(14(19)20)16-17-18/h1-2,4,7,9H,3,5-6,8H2,(H,19,20). The summed E-state index contributed by atoms with van der Waals surface area (Å²) in [5, 5.41) is 17.7. The summed E-state index contributed by atoms with van der Waals surface area (Å²) >= 11 is 6.15. The van der Waals surface area contributed by atoms with Gasteiger partial charge in [0.15, 0.2) is 5.69 Å². The van der Waals surface area contributed by atoms with Gasteiger partial charge in [0.2, 0.25) is 0 Å². The second kappa shape index (κ2) is 5.25. The molecule has 0 spiro atoms. The number of aromatic carboxylic acids is 1. The summed E-state index contributed by atoms with van der Waals surface area (Å²) in [6.07, 6.45) is 3.12. The molecule has 1 fully saturated rings. The summed E-state index contributed by atoms with van der Waals surface area (Å²) in [5.41, 5.74) is 1.71. The van der Waals surface area contributed by atoms with Crippen molar-refractivity contribution in [3.63, 3.8) is 0 Å². The number of halogens is 1. The molecule has 0 atom stereocenters. The Morgan fingerprint density at radius 2 is 2.15 bits per heavy atom. The third-order valence-corrected chi connectivity index (χ3v) is 4.11. The maximum absolute atomic E-state index is 11.3. The van der Waals surface area contributed by atoms with E-state index in [-0.39, 0.29) is 11.6 Å². The minimum atomic E-state index is -1.02. The van der Waals surface area contributed by atoms with Gasteiger partial charge >= 0.3 is 5.97 Å². The number of carbonyl (C=O) groups is 1. The molecule has 5 nitrogen and oxygen atoms in total. The lowest BCUT2D eigenvalue weighted by atomic mass is 9.82. The first-order valence-electron chi connectivity index (χ1n) is 6.57. The number of carboxylic acid groups (broad SMARTS) is 1. The Bertz CT molecular complexity index is 650. The Labute approximate surface area is 121 Å². The first-order valence-corrected chi connectivity index (χ1v) is 6.94. The van der Waals surface area contributed by atoms with E-state index < -0.39 is 5.97 Å². The number of benzene rings is 1. The largest absolute Gasteiger partial charge is 0.476 e. The number of nitrogens with zero attached hydrogens (tertiary/aromatic N) is 3. The number of carboxylic acids is 1. The Balaban J connectivity index is 1.97. The van der Waals surface area contributed by atoms with E-state index in [0.29, 0.717) is 11.6 Å². The van der Waals surface area contributed by atoms with Crippen LogP contribution in [-0.4, -0.2) is 26.1 Å². The molecule has 0 amide bonds. The highest BCUT2D eigenvalue weighted by molar-refractivity contribution is 6.31. The quantitative estimate of drug-likeness (QED) is 0.940. The zero-order valence-corrected chi connectivity index (χ0v) is 11.5. The fourth-order valence-electron chi connectivity index (χ4n) is 2.46. The van der Waals surface area contributed by atoms with E-state index in [2.05, 4.69) is 10.3 Å². The van der Waals surface area contributed by atoms with Crippen molar-refractivity contribution >= 4 is 17.6 Å². The summed E-state index contributed by atoms with van der Waals surface area (Å²) in [6.45, 7) is 0.450. The van der Waals surface area contributed by atoms with Crippen LogP contribution in [0.5, 0.6) is 0 Å². The van der Waals surface area contributed by atoms with Crippen LogP contribution < -0.4 is 0 Å². The molecule has 104 valence electrons. The highest BCUT2D eigenvalue weighted by Gasteiger charge is 2.30. The zero-order valence-electron chi connectivity index (χ0n) is 10.8. The van der Waals surface area contributed by atoms with Crippen LogP contribution in [0.4, 0.5) is 0 Å². The Morgan fingerprint density at radius 3 is 2.75 bits per heavy atom. The Kier molecular flexibility index (Phi) is 3.44. The highest BCUT2D eigenvalue weighted by Crippen LogP contribution is 2.37. The molecule has 20 heavy (non-hydrogen) atoms. The predicted molar refractivity (Wildman–Crippen MR) is 74.1 cm³/mol. The van der Waals surface area contributed by atoms with Crippen molar-refractivity contribution in [3.8, 4) is 0 Å². The number of hydrogen-bond acceptors (Lipinski definition) is 3. The second-order valence-electron chi connectivity index (χ2n) is 5.01. The number of hydrogen-bond donors (Lipinski definition) is 1. The van der Waals surface area contributed by atoms with Crippen LogP contribution in [0.3, 0.4) is 0 Å². The molecule has 1 aromatic carbocycles. The molecule has 0 radical (unpaired) electrons. The molecule has 0 aliphatic heterocycles. The lowest BCUT2D eigenvalue weighted by molar-refractivity contribution is 0.0687. The van der Waals surface area contributed by atoms with Gasteiger partial charge in [0, 0.05) is 10.9 Å². The van der Waals surface area contributed by atoms with Gasteiger partial charge in [-0.15, -0.1) is 5.10 Å². The van der Waals surface area contributed by atoms with E-state index in [1.54, 1.807) is 4.68 Å². The van der Waals surface area contributed by atoms with Crippen LogP contribution in [0.25, 0.3) is 0 Å². The topological polar surface area (TPSA) is 68.0 Å². The number of aromatic nitrogens is 3. The summed E-state index contributed by atoms with van der Waals surface area (Å²) < 4.78 is 1.68. The average molecular weight is 292 g/mol. The molecule has 1 aliphatic rings. The van der Waals surface area contributed by atoms with Crippen LogP contribution >= 0.6 is 11.6 Å². The summed E-state index contributed by atoms with van der Waals surface area (Å²) in [4.78, 5) is 11.3. The van der Waals surface area contributed by atoms with E-state index in [4.69, 9.17) is 11.6 Å². The summed E-state index contributed by atoms with van der Waals surface area (Å²) in [7, 11) is 0. The van der Waals surface area contributed by atoms with Gasteiger partial charge in [-0.25, -0.2) is 9.48 Å². The van der Waals surface area contributed by atoms with E-state index in [1.807, 2.05) is 24.3 Å². The van der Waals surface area contributed by atoms with E-state index in [0.717, 1.165) is 30.5 Å². The molecule has 1 heterocycles.